The van der Waals surface area contributed by atoms with Crippen molar-refractivity contribution in [2.75, 3.05) is 18.0 Å². The van der Waals surface area contributed by atoms with E-state index in [1.807, 2.05) is 11.0 Å². The molecule has 1 aromatic heterocycles. The van der Waals surface area contributed by atoms with E-state index < -0.39 is 17.1 Å². The smallest absolute Gasteiger partial charge is 0.332 e. The molecule has 0 unspecified atom stereocenters. The molecule has 1 aliphatic rings. The number of nitriles is 1. The van der Waals surface area contributed by atoms with Crippen LogP contribution in [0.2, 0.25) is 0 Å². The zero-order valence-corrected chi connectivity index (χ0v) is 14.5. The van der Waals surface area contributed by atoms with Gasteiger partial charge in [-0.3, -0.25) is 13.9 Å². The summed E-state index contributed by atoms with van der Waals surface area (Å²) in [4.78, 5) is 26.8. The fraction of sp³-hybridized carbons (Fsp3) is 0.389. The predicted octanol–water partition coefficient (Wildman–Crippen LogP) is 0.534. The summed E-state index contributed by atoms with van der Waals surface area (Å²) < 4.78 is 15.9. The molecule has 3 rings (SSSR count). The first-order valence-electron chi connectivity index (χ1n) is 8.40. The molecule has 136 valence electrons. The molecule has 1 fully saturated rings. The van der Waals surface area contributed by atoms with E-state index in [1.54, 1.807) is 0 Å². The first-order chi connectivity index (χ1) is 12.4. The Balaban J connectivity index is 2.11. The zero-order valence-electron chi connectivity index (χ0n) is 14.5. The minimum atomic E-state index is -0.514. The predicted molar refractivity (Wildman–Crippen MR) is 95.6 cm³/mol. The summed E-state index contributed by atoms with van der Waals surface area (Å²) in [6, 6.07) is 7.20. The van der Waals surface area contributed by atoms with Crippen molar-refractivity contribution in [3.05, 3.63) is 62.0 Å². The molecule has 1 saturated heterocycles. The van der Waals surface area contributed by atoms with E-state index in [2.05, 4.69) is 0 Å². The van der Waals surface area contributed by atoms with Crippen molar-refractivity contribution in [3.8, 4) is 6.07 Å². The largest absolute Gasteiger partial charge is 0.356 e. The van der Waals surface area contributed by atoms with Gasteiger partial charge in [-0.15, -0.1) is 0 Å². The third-order valence-electron chi connectivity index (χ3n) is 4.68. The van der Waals surface area contributed by atoms with Gasteiger partial charge in [-0.05, 0) is 30.5 Å². The van der Waals surface area contributed by atoms with E-state index >= 15 is 0 Å². The highest BCUT2D eigenvalue weighted by atomic mass is 19.1. The Morgan fingerprint density at radius 2 is 2.12 bits per heavy atom. The molecular formula is C18H20FN5O2. The van der Waals surface area contributed by atoms with Crippen molar-refractivity contribution in [2.45, 2.75) is 25.4 Å². The number of benzene rings is 1. The number of aromatic nitrogens is 2. The van der Waals surface area contributed by atoms with Gasteiger partial charge in [0, 0.05) is 32.2 Å². The number of piperidine rings is 1. The first-order valence-corrected chi connectivity index (χ1v) is 8.40. The number of nitrogens with two attached hydrogens (primary N) is 1. The van der Waals surface area contributed by atoms with Crippen LogP contribution in [0.5, 0.6) is 0 Å². The van der Waals surface area contributed by atoms with Crippen molar-refractivity contribution in [3.63, 3.8) is 0 Å². The molecule has 7 nitrogen and oxygen atoms in total. The first kappa shape index (κ1) is 17.9. The third kappa shape index (κ3) is 3.39. The fourth-order valence-corrected chi connectivity index (χ4v) is 3.25. The SMILES string of the molecule is Cn1c(=O)cc(N2CCC[C@@H](N)C2)n(Cc2ccc(F)cc2C#N)c1=O. The Morgan fingerprint density at radius 3 is 2.81 bits per heavy atom. The summed E-state index contributed by atoms with van der Waals surface area (Å²) in [5.41, 5.74) is 5.82. The van der Waals surface area contributed by atoms with Crippen LogP contribution >= 0.6 is 0 Å². The molecule has 26 heavy (non-hydrogen) atoms. The van der Waals surface area contributed by atoms with Crippen molar-refractivity contribution < 1.29 is 4.39 Å². The Hall–Kier alpha value is -2.92. The van der Waals surface area contributed by atoms with Gasteiger partial charge >= 0.3 is 5.69 Å². The summed E-state index contributed by atoms with van der Waals surface area (Å²) in [6.45, 7) is 1.30. The Morgan fingerprint density at radius 1 is 1.35 bits per heavy atom. The van der Waals surface area contributed by atoms with Crippen molar-refractivity contribution >= 4 is 5.82 Å². The molecule has 1 aliphatic heterocycles. The summed E-state index contributed by atoms with van der Waals surface area (Å²) in [5, 5.41) is 9.26. The van der Waals surface area contributed by atoms with Crippen LogP contribution in [-0.4, -0.2) is 28.3 Å². The molecule has 1 aromatic carbocycles. The zero-order chi connectivity index (χ0) is 18.8. The van der Waals surface area contributed by atoms with Crippen LogP contribution < -0.4 is 21.9 Å². The van der Waals surface area contributed by atoms with E-state index in [-0.39, 0.29) is 18.2 Å². The van der Waals surface area contributed by atoms with Gasteiger partial charge in [-0.2, -0.15) is 5.26 Å². The van der Waals surface area contributed by atoms with Crippen LogP contribution in [0.1, 0.15) is 24.0 Å². The van der Waals surface area contributed by atoms with Crippen molar-refractivity contribution in [1.82, 2.24) is 9.13 Å². The molecule has 0 spiro atoms. The maximum absolute atomic E-state index is 13.4. The standard InChI is InChI=1S/C18H20FN5O2/c1-22-17(25)8-16(23-6-2-3-15(21)11-23)24(18(22)26)10-12-4-5-14(19)7-13(12)9-20/h4-5,7-8,15H,2-3,6,10-11,21H2,1H3/t15-/m1/s1. The number of hydrogen-bond acceptors (Lipinski definition) is 5. The lowest BCUT2D eigenvalue weighted by molar-refractivity contribution is 0.491. The molecule has 2 N–H and O–H groups in total. The van der Waals surface area contributed by atoms with E-state index in [0.29, 0.717) is 24.5 Å². The van der Waals surface area contributed by atoms with Gasteiger partial charge in [0.25, 0.3) is 5.56 Å². The lowest BCUT2D eigenvalue weighted by Gasteiger charge is -2.34. The van der Waals surface area contributed by atoms with E-state index in [0.717, 1.165) is 23.5 Å². The fourth-order valence-electron chi connectivity index (χ4n) is 3.25. The second-order valence-corrected chi connectivity index (χ2v) is 6.53. The summed E-state index contributed by atoms with van der Waals surface area (Å²) in [7, 11) is 1.41. The molecule has 0 amide bonds. The van der Waals surface area contributed by atoms with Gasteiger partial charge < -0.3 is 10.6 Å². The van der Waals surface area contributed by atoms with E-state index in [4.69, 9.17) is 5.73 Å². The van der Waals surface area contributed by atoms with Crippen molar-refractivity contribution in [1.29, 1.82) is 5.26 Å². The number of nitrogens with zero attached hydrogens (tertiary/aromatic N) is 4. The van der Waals surface area contributed by atoms with E-state index in [1.165, 1.54) is 29.8 Å². The van der Waals surface area contributed by atoms with Gasteiger partial charge in [0.2, 0.25) is 0 Å². The summed E-state index contributed by atoms with van der Waals surface area (Å²) in [5.74, 6) is -0.0400. The highest BCUT2D eigenvalue weighted by Gasteiger charge is 2.22. The normalized spacial score (nSPS) is 17.2. The summed E-state index contributed by atoms with van der Waals surface area (Å²) in [6.07, 6.45) is 1.76. The molecule has 1 atom stereocenters. The monoisotopic (exact) mass is 357 g/mol. The quantitative estimate of drug-likeness (QED) is 0.864. The lowest BCUT2D eigenvalue weighted by Crippen LogP contribution is -2.47. The molecule has 8 heteroatoms. The van der Waals surface area contributed by atoms with Crippen molar-refractivity contribution in [2.24, 2.45) is 12.8 Å². The lowest BCUT2D eigenvalue weighted by atomic mass is 10.1. The van der Waals surface area contributed by atoms with Gasteiger partial charge in [0.05, 0.1) is 18.2 Å². The number of halogens is 1. The average molecular weight is 357 g/mol. The minimum absolute atomic E-state index is 0.0307. The Labute approximate surface area is 149 Å². The topological polar surface area (TPSA) is 97.1 Å². The molecule has 2 aromatic rings. The maximum atomic E-state index is 13.4. The van der Waals surface area contributed by atoms with Crippen LogP contribution in [0, 0.1) is 17.1 Å². The second-order valence-electron chi connectivity index (χ2n) is 6.53. The maximum Gasteiger partial charge on any atom is 0.332 e. The Kier molecular flexibility index (Phi) is 4.91. The highest BCUT2D eigenvalue weighted by molar-refractivity contribution is 5.43. The molecule has 0 radical (unpaired) electrons. The molecule has 0 aliphatic carbocycles. The van der Waals surface area contributed by atoms with Crippen LogP contribution in [0.4, 0.5) is 10.2 Å². The number of rotatable bonds is 3. The van der Waals surface area contributed by atoms with Gasteiger partial charge in [0.15, 0.2) is 0 Å². The average Bonchev–Trinajstić information content (AvgIpc) is 2.63. The molecule has 0 bridgehead atoms. The number of anilines is 1. The molecule has 2 heterocycles. The number of hydrogen-bond donors (Lipinski definition) is 1. The Bertz CT molecular complexity index is 989. The van der Waals surface area contributed by atoms with Gasteiger partial charge in [0.1, 0.15) is 11.6 Å². The summed E-state index contributed by atoms with van der Waals surface area (Å²) >= 11 is 0. The van der Waals surface area contributed by atoms with Gasteiger partial charge in [-0.1, -0.05) is 6.07 Å². The third-order valence-corrected chi connectivity index (χ3v) is 4.68. The molecular weight excluding hydrogens is 337 g/mol. The van der Waals surface area contributed by atoms with E-state index in [9.17, 15) is 19.2 Å². The minimum Gasteiger partial charge on any atom is -0.356 e. The van der Waals surface area contributed by atoms with Crippen LogP contribution in [-0.2, 0) is 13.6 Å². The van der Waals surface area contributed by atoms with Crippen LogP contribution in [0.15, 0.2) is 33.9 Å². The van der Waals surface area contributed by atoms with Crippen LogP contribution in [0.3, 0.4) is 0 Å². The van der Waals surface area contributed by atoms with Gasteiger partial charge in [-0.25, -0.2) is 9.18 Å². The second kappa shape index (κ2) is 7.14. The van der Waals surface area contributed by atoms with Crippen LogP contribution in [0.25, 0.3) is 0 Å². The highest BCUT2D eigenvalue weighted by Crippen LogP contribution is 2.19. The molecule has 0 saturated carbocycles.